The van der Waals surface area contributed by atoms with Gasteiger partial charge < -0.3 is 10.5 Å². The van der Waals surface area contributed by atoms with Crippen LogP contribution >= 0.6 is 0 Å². The van der Waals surface area contributed by atoms with E-state index in [1.807, 2.05) is 65.5 Å². The lowest BCUT2D eigenvalue weighted by molar-refractivity contribution is 0.414. The lowest BCUT2D eigenvalue weighted by Gasteiger charge is -2.04. The predicted molar refractivity (Wildman–Crippen MR) is 80.0 cm³/mol. The van der Waals surface area contributed by atoms with Gasteiger partial charge in [0.05, 0.1) is 18.5 Å². The summed E-state index contributed by atoms with van der Waals surface area (Å²) >= 11 is 0. The van der Waals surface area contributed by atoms with Crippen molar-refractivity contribution in [2.24, 2.45) is 0 Å². The molecule has 0 amide bonds. The molecule has 0 saturated heterocycles. The van der Waals surface area contributed by atoms with Crippen LogP contribution in [0.2, 0.25) is 0 Å². The van der Waals surface area contributed by atoms with E-state index >= 15 is 0 Å². The summed E-state index contributed by atoms with van der Waals surface area (Å²) in [6.45, 7) is 0. The second-order valence-electron chi connectivity index (χ2n) is 4.47. The highest BCUT2D eigenvalue weighted by Crippen LogP contribution is 2.22. The average molecular weight is 265 g/mol. The molecule has 4 nitrogen and oxygen atoms in total. The molecule has 0 radical (unpaired) electrons. The van der Waals surface area contributed by atoms with Crippen LogP contribution in [0.25, 0.3) is 16.9 Å². The van der Waals surface area contributed by atoms with Crippen LogP contribution in [0.3, 0.4) is 0 Å². The number of ether oxygens (including phenoxy) is 1. The van der Waals surface area contributed by atoms with E-state index in [2.05, 4.69) is 5.10 Å². The summed E-state index contributed by atoms with van der Waals surface area (Å²) in [6, 6.07) is 17.4. The molecular formula is C16H15N3O. The summed E-state index contributed by atoms with van der Waals surface area (Å²) in [6.07, 6.45) is 1.92. The highest BCUT2D eigenvalue weighted by molar-refractivity contribution is 5.63. The third-order valence-corrected chi connectivity index (χ3v) is 3.09. The fourth-order valence-electron chi connectivity index (χ4n) is 2.07. The lowest BCUT2D eigenvalue weighted by atomic mass is 10.1. The van der Waals surface area contributed by atoms with Crippen molar-refractivity contribution < 1.29 is 4.74 Å². The molecule has 0 spiro atoms. The second-order valence-corrected chi connectivity index (χ2v) is 4.47. The van der Waals surface area contributed by atoms with Crippen LogP contribution in [0.1, 0.15) is 0 Å². The van der Waals surface area contributed by atoms with Gasteiger partial charge in [-0.2, -0.15) is 5.10 Å². The zero-order chi connectivity index (χ0) is 13.9. The molecule has 2 N–H and O–H groups in total. The Hall–Kier alpha value is -2.75. The Kier molecular flexibility index (Phi) is 3.13. The smallest absolute Gasteiger partial charge is 0.121 e. The summed E-state index contributed by atoms with van der Waals surface area (Å²) in [4.78, 5) is 0. The van der Waals surface area contributed by atoms with E-state index in [1.165, 1.54) is 0 Å². The third kappa shape index (κ3) is 2.36. The Labute approximate surface area is 117 Å². The summed E-state index contributed by atoms with van der Waals surface area (Å²) in [5.41, 5.74) is 9.39. The van der Waals surface area contributed by atoms with E-state index in [0.717, 1.165) is 28.4 Å². The molecule has 0 fully saturated rings. The molecule has 4 heteroatoms. The maximum Gasteiger partial charge on any atom is 0.121 e. The fraction of sp³-hybridized carbons (Fsp3) is 0.0625. The molecule has 0 aliphatic rings. The van der Waals surface area contributed by atoms with Crippen LogP contribution in [-0.4, -0.2) is 16.9 Å². The number of nitrogen functional groups attached to an aromatic ring is 1. The van der Waals surface area contributed by atoms with Crippen molar-refractivity contribution in [3.8, 4) is 22.7 Å². The number of anilines is 1. The zero-order valence-corrected chi connectivity index (χ0v) is 11.2. The van der Waals surface area contributed by atoms with Gasteiger partial charge in [0.2, 0.25) is 0 Å². The monoisotopic (exact) mass is 265 g/mol. The van der Waals surface area contributed by atoms with Gasteiger partial charge in [-0.3, -0.25) is 0 Å². The molecule has 0 aliphatic carbocycles. The van der Waals surface area contributed by atoms with Crippen molar-refractivity contribution in [2.75, 3.05) is 12.8 Å². The molecule has 0 unspecified atom stereocenters. The van der Waals surface area contributed by atoms with Crippen molar-refractivity contribution in [3.05, 3.63) is 60.8 Å². The molecule has 3 aromatic rings. The van der Waals surface area contributed by atoms with Crippen LogP contribution in [0.15, 0.2) is 60.8 Å². The summed E-state index contributed by atoms with van der Waals surface area (Å²) in [5, 5.41) is 4.57. The van der Waals surface area contributed by atoms with Gasteiger partial charge in [0, 0.05) is 23.5 Å². The van der Waals surface area contributed by atoms with Gasteiger partial charge in [0.25, 0.3) is 0 Å². The van der Waals surface area contributed by atoms with Crippen molar-refractivity contribution in [2.45, 2.75) is 0 Å². The quantitative estimate of drug-likeness (QED) is 0.740. The molecular weight excluding hydrogens is 250 g/mol. The van der Waals surface area contributed by atoms with E-state index in [0.29, 0.717) is 0 Å². The Bertz CT molecular complexity index is 734. The van der Waals surface area contributed by atoms with Gasteiger partial charge in [-0.1, -0.05) is 18.2 Å². The lowest BCUT2D eigenvalue weighted by Crippen LogP contribution is -1.95. The number of nitrogens with two attached hydrogens (primary N) is 1. The first kappa shape index (κ1) is 12.3. The number of methoxy groups -OCH3 is 1. The van der Waals surface area contributed by atoms with Crippen LogP contribution in [0.4, 0.5) is 5.69 Å². The fourth-order valence-corrected chi connectivity index (χ4v) is 2.07. The summed E-state index contributed by atoms with van der Waals surface area (Å²) in [5.74, 6) is 0.809. The first-order chi connectivity index (χ1) is 9.76. The van der Waals surface area contributed by atoms with E-state index in [9.17, 15) is 0 Å². The van der Waals surface area contributed by atoms with Gasteiger partial charge in [-0.25, -0.2) is 4.68 Å². The van der Waals surface area contributed by atoms with Gasteiger partial charge in [0.1, 0.15) is 5.75 Å². The van der Waals surface area contributed by atoms with Crippen LogP contribution < -0.4 is 10.5 Å². The van der Waals surface area contributed by atoms with Crippen molar-refractivity contribution >= 4 is 5.69 Å². The zero-order valence-electron chi connectivity index (χ0n) is 11.2. The molecule has 0 bridgehead atoms. The van der Waals surface area contributed by atoms with Crippen molar-refractivity contribution in [1.29, 1.82) is 0 Å². The standard InChI is InChI=1S/C16H15N3O/c1-20-15-7-3-6-14(11-15)19-9-8-16(18-19)12-4-2-5-13(17)10-12/h2-11H,17H2,1H3. The molecule has 1 heterocycles. The van der Waals surface area contributed by atoms with Crippen LogP contribution in [-0.2, 0) is 0 Å². The van der Waals surface area contributed by atoms with Gasteiger partial charge in [-0.05, 0) is 30.3 Å². The molecule has 2 aromatic carbocycles. The first-order valence-electron chi connectivity index (χ1n) is 6.32. The number of rotatable bonds is 3. The average Bonchev–Trinajstić information content (AvgIpc) is 2.97. The first-order valence-corrected chi connectivity index (χ1v) is 6.32. The van der Waals surface area contributed by atoms with Crippen LogP contribution in [0, 0.1) is 0 Å². The molecule has 20 heavy (non-hydrogen) atoms. The number of nitrogens with zero attached hydrogens (tertiary/aromatic N) is 2. The number of benzene rings is 2. The van der Waals surface area contributed by atoms with Crippen LogP contribution in [0.5, 0.6) is 5.75 Å². The Morgan fingerprint density at radius 2 is 1.90 bits per heavy atom. The van der Waals surface area contributed by atoms with Gasteiger partial charge >= 0.3 is 0 Å². The maximum atomic E-state index is 5.80. The molecule has 100 valence electrons. The SMILES string of the molecule is COc1cccc(-n2ccc(-c3cccc(N)c3)n2)c1. The molecule has 3 rings (SSSR count). The summed E-state index contributed by atoms with van der Waals surface area (Å²) < 4.78 is 7.05. The van der Waals surface area contributed by atoms with E-state index in [1.54, 1.807) is 7.11 Å². The van der Waals surface area contributed by atoms with E-state index in [-0.39, 0.29) is 0 Å². The minimum Gasteiger partial charge on any atom is -0.497 e. The minimum atomic E-state index is 0.735. The second kappa shape index (κ2) is 5.09. The predicted octanol–water partition coefficient (Wildman–Crippen LogP) is 3.13. The topological polar surface area (TPSA) is 53.1 Å². The number of aromatic nitrogens is 2. The van der Waals surface area contributed by atoms with Crippen molar-refractivity contribution in [1.82, 2.24) is 9.78 Å². The Morgan fingerprint density at radius 3 is 2.70 bits per heavy atom. The minimum absolute atomic E-state index is 0.735. The normalized spacial score (nSPS) is 10.4. The largest absolute Gasteiger partial charge is 0.497 e. The Balaban J connectivity index is 1.97. The number of hydrogen-bond acceptors (Lipinski definition) is 3. The van der Waals surface area contributed by atoms with Gasteiger partial charge in [-0.15, -0.1) is 0 Å². The highest BCUT2D eigenvalue weighted by Gasteiger charge is 2.05. The Morgan fingerprint density at radius 1 is 1.05 bits per heavy atom. The molecule has 0 saturated carbocycles. The van der Waals surface area contributed by atoms with E-state index < -0.39 is 0 Å². The number of hydrogen-bond donors (Lipinski definition) is 1. The van der Waals surface area contributed by atoms with Gasteiger partial charge in [0.15, 0.2) is 0 Å². The summed E-state index contributed by atoms with van der Waals surface area (Å²) in [7, 11) is 1.65. The van der Waals surface area contributed by atoms with E-state index in [4.69, 9.17) is 10.5 Å². The highest BCUT2D eigenvalue weighted by atomic mass is 16.5. The molecule has 1 aromatic heterocycles. The van der Waals surface area contributed by atoms with Crippen molar-refractivity contribution in [3.63, 3.8) is 0 Å². The molecule has 0 atom stereocenters. The maximum absolute atomic E-state index is 5.80. The molecule has 0 aliphatic heterocycles. The third-order valence-electron chi connectivity index (χ3n) is 3.09.